The van der Waals surface area contributed by atoms with Gasteiger partial charge in [0, 0.05) is 29.9 Å². The number of aromatic nitrogens is 3. The molecule has 0 fully saturated rings. The number of methoxy groups -OCH3 is 1. The third-order valence-electron chi connectivity index (χ3n) is 5.86. The van der Waals surface area contributed by atoms with Crippen LogP contribution in [-0.2, 0) is 17.8 Å². The summed E-state index contributed by atoms with van der Waals surface area (Å²) in [5, 5.41) is 0. The quantitative estimate of drug-likeness (QED) is 0.391. The number of aryl methyl sites for hydroxylation is 1. The molecule has 0 N–H and O–H groups in total. The van der Waals surface area contributed by atoms with E-state index in [-0.39, 0.29) is 11.9 Å². The third kappa shape index (κ3) is 4.01. The van der Waals surface area contributed by atoms with Gasteiger partial charge in [0.05, 0.1) is 37.8 Å². The fourth-order valence-electron chi connectivity index (χ4n) is 4.26. The number of imidazole rings is 1. The smallest absolute Gasteiger partial charge is 0.123 e. The molecule has 6 heteroatoms. The summed E-state index contributed by atoms with van der Waals surface area (Å²) in [5.74, 6) is 1.62. The Morgan fingerprint density at radius 3 is 2.44 bits per heavy atom. The number of hydrogen-bond acceptors (Lipinski definition) is 4. The third-order valence-corrected chi connectivity index (χ3v) is 5.86. The monoisotopic (exact) mass is 429 g/mol. The topological polar surface area (TPSA) is 49.2 Å². The van der Waals surface area contributed by atoms with Crippen molar-refractivity contribution in [2.24, 2.45) is 0 Å². The summed E-state index contributed by atoms with van der Waals surface area (Å²) in [5.41, 5.74) is 4.95. The van der Waals surface area contributed by atoms with Crippen molar-refractivity contribution in [3.8, 4) is 28.3 Å². The second-order valence-corrected chi connectivity index (χ2v) is 7.89. The average Bonchev–Trinajstić information content (AvgIpc) is 3.40. The van der Waals surface area contributed by atoms with Crippen molar-refractivity contribution < 1.29 is 13.9 Å². The maximum atomic E-state index is 13.5. The molecule has 3 heterocycles. The summed E-state index contributed by atoms with van der Waals surface area (Å²) in [6.45, 7) is 1.14. The lowest BCUT2D eigenvalue weighted by atomic mass is 10.0. The normalized spacial score (nSPS) is 15.0. The molecule has 0 saturated carbocycles. The summed E-state index contributed by atoms with van der Waals surface area (Å²) >= 11 is 0. The van der Waals surface area contributed by atoms with Crippen molar-refractivity contribution in [1.82, 2.24) is 14.5 Å². The van der Waals surface area contributed by atoms with Crippen LogP contribution in [0.5, 0.6) is 5.75 Å². The highest BCUT2D eigenvalue weighted by Crippen LogP contribution is 2.39. The molecule has 0 aliphatic carbocycles. The van der Waals surface area contributed by atoms with Crippen LogP contribution in [0.1, 0.15) is 23.9 Å². The van der Waals surface area contributed by atoms with Gasteiger partial charge < -0.3 is 14.0 Å². The minimum absolute atomic E-state index is 0.188. The first-order valence-electron chi connectivity index (χ1n) is 10.7. The largest absolute Gasteiger partial charge is 0.497 e. The number of nitrogens with zero attached hydrogens (tertiary/aromatic N) is 3. The Balaban J connectivity index is 1.43. The molecule has 162 valence electrons. The molecule has 2 aromatic heterocycles. The lowest BCUT2D eigenvalue weighted by Crippen LogP contribution is -2.13. The SMILES string of the molecule is COc1ccc(COCC2CCc3nc(-c4ccc(F)cc4)c(-c4ccncc4)n32)cc1. The zero-order valence-electron chi connectivity index (χ0n) is 17.9. The van der Waals surface area contributed by atoms with E-state index in [4.69, 9.17) is 14.5 Å². The zero-order chi connectivity index (χ0) is 21.9. The van der Waals surface area contributed by atoms with Crippen molar-refractivity contribution in [3.05, 3.63) is 90.3 Å². The Hall–Kier alpha value is -3.51. The van der Waals surface area contributed by atoms with Crippen LogP contribution in [0.4, 0.5) is 4.39 Å². The van der Waals surface area contributed by atoms with E-state index in [0.29, 0.717) is 13.2 Å². The summed E-state index contributed by atoms with van der Waals surface area (Å²) in [6, 6.07) is 18.6. The molecular formula is C26H24FN3O2. The molecule has 5 nitrogen and oxygen atoms in total. The van der Waals surface area contributed by atoms with E-state index in [9.17, 15) is 4.39 Å². The molecule has 1 unspecified atom stereocenters. The first-order chi connectivity index (χ1) is 15.7. The second kappa shape index (κ2) is 8.93. The van der Waals surface area contributed by atoms with Gasteiger partial charge in [0.1, 0.15) is 17.4 Å². The number of rotatable bonds is 7. The average molecular weight is 429 g/mol. The number of halogens is 1. The van der Waals surface area contributed by atoms with Crippen molar-refractivity contribution in [2.45, 2.75) is 25.5 Å². The first kappa shape index (κ1) is 20.4. The molecule has 5 rings (SSSR count). The second-order valence-electron chi connectivity index (χ2n) is 7.89. The lowest BCUT2D eigenvalue weighted by molar-refractivity contribution is 0.0925. The van der Waals surface area contributed by atoms with Crippen LogP contribution in [-0.4, -0.2) is 28.3 Å². The Bertz CT molecular complexity index is 1190. The Morgan fingerprint density at radius 1 is 0.969 bits per heavy atom. The Kier molecular flexibility index (Phi) is 5.69. The number of fused-ring (bicyclic) bond motifs is 1. The maximum Gasteiger partial charge on any atom is 0.123 e. The van der Waals surface area contributed by atoms with Gasteiger partial charge in [-0.05, 0) is 60.5 Å². The predicted octanol–water partition coefficient (Wildman–Crippen LogP) is 5.46. The fourth-order valence-corrected chi connectivity index (χ4v) is 4.26. The van der Waals surface area contributed by atoms with E-state index in [1.54, 1.807) is 31.6 Å². The van der Waals surface area contributed by atoms with Gasteiger partial charge in [0.25, 0.3) is 0 Å². The summed E-state index contributed by atoms with van der Waals surface area (Å²) in [6.07, 6.45) is 5.43. The number of ether oxygens (including phenoxy) is 2. The molecule has 2 aromatic carbocycles. The molecule has 0 radical (unpaired) electrons. The fraction of sp³-hybridized carbons (Fsp3) is 0.231. The van der Waals surface area contributed by atoms with Gasteiger partial charge in [-0.1, -0.05) is 12.1 Å². The highest BCUT2D eigenvalue weighted by molar-refractivity contribution is 5.79. The van der Waals surface area contributed by atoms with Crippen molar-refractivity contribution >= 4 is 0 Å². The van der Waals surface area contributed by atoms with Gasteiger partial charge in [-0.2, -0.15) is 0 Å². The molecular weight excluding hydrogens is 405 g/mol. The first-order valence-corrected chi connectivity index (χ1v) is 10.7. The van der Waals surface area contributed by atoms with E-state index < -0.39 is 0 Å². The van der Waals surface area contributed by atoms with Crippen LogP contribution in [0.2, 0.25) is 0 Å². The molecule has 0 saturated heterocycles. The van der Waals surface area contributed by atoms with Crippen molar-refractivity contribution in [2.75, 3.05) is 13.7 Å². The zero-order valence-corrected chi connectivity index (χ0v) is 17.9. The Morgan fingerprint density at radius 2 is 1.72 bits per heavy atom. The predicted molar refractivity (Wildman–Crippen MR) is 121 cm³/mol. The number of hydrogen-bond donors (Lipinski definition) is 0. The highest BCUT2D eigenvalue weighted by Gasteiger charge is 2.30. The van der Waals surface area contributed by atoms with E-state index >= 15 is 0 Å². The van der Waals surface area contributed by atoms with Crippen LogP contribution >= 0.6 is 0 Å². The molecule has 1 atom stereocenters. The van der Waals surface area contributed by atoms with Gasteiger partial charge in [-0.15, -0.1) is 0 Å². The maximum absolute atomic E-state index is 13.5. The van der Waals surface area contributed by atoms with E-state index in [1.165, 1.54) is 12.1 Å². The Labute approximate surface area is 186 Å². The van der Waals surface area contributed by atoms with Gasteiger partial charge in [0.2, 0.25) is 0 Å². The van der Waals surface area contributed by atoms with Crippen molar-refractivity contribution in [3.63, 3.8) is 0 Å². The number of pyridine rings is 1. The van der Waals surface area contributed by atoms with E-state index in [2.05, 4.69) is 9.55 Å². The molecule has 0 spiro atoms. The van der Waals surface area contributed by atoms with Crippen LogP contribution in [0.15, 0.2) is 73.1 Å². The molecule has 0 bridgehead atoms. The summed E-state index contributed by atoms with van der Waals surface area (Å²) in [4.78, 5) is 9.12. The molecule has 32 heavy (non-hydrogen) atoms. The summed E-state index contributed by atoms with van der Waals surface area (Å²) < 4.78 is 27.1. The molecule has 1 aliphatic heterocycles. The van der Waals surface area contributed by atoms with Crippen LogP contribution in [0, 0.1) is 5.82 Å². The van der Waals surface area contributed by atoms with E-state index in [0.717, 1.165) is 52.5 Å². The van der Waals surface area contributed by atoms with Crippen molar-refractivity contribution in [1.29, 1.82) is 0 Å². The van der Waals surface area contributed by atoms with Crippen LogP contribution < -0.4 is 4.74 Å². The van der Waals surface area contributed by atoms with Crippen LogP contribution in [0.3, 0.4) is 0 Å². The molecule has 4 aromatic rings. The van der Waals surface area contributed by atoms with E-state index in [1.807, 2.05) is 36.4 Å². The highest BCUT2D eigenvalue weighted by atomic mass is 19.1. The molecule has 0 amide bonds. The standard InChI is InChI=1S/C26H24FN3O2/c1-31-23-9-2-18(3-10-23)16-32-17-22-8-11-24-29-25(19-4-6-21(27)7-5-19)26(30(22)24)20-12-14-28-15-13-20/h2-7,9-10,12-15,22H,8,11,16-17H2,1H3. The number of benzene rings is 2. The minimum Gasteiger partial charge on any atom is -0.497 e. The van der Waals surface area contributed by atoms with Gasteiger partial charge in [0.15, 0.2) is 0 Å². The van der Waals surface area contributed by atoms with Crippen LogP contribution in [0.25, 0.3) is 22.5 Å². The van der Waals surface area contributed by atoms with Gasteiger partial charge in [-0.3, -0.25) is 4.98 Å². The van der Waals surface area contributed by atoms with Gasteiger partial charge >= 0.3 is 0 Å². The summed E-state index contributed by atoms with van der Waals surface area (Å²) in [7, 11) is 1.66. The lowest BCUT2D eigenvalue weighted by Gasteiger charge is -2.18. The van der Waals surface area contributed by atoms with Gasteiger partial charge in [-0.25, -0.2) is 9.37 Å². The molecule has 1 aliphatic rings. The minimum atomic E-state index is -0.254.